The molecule has 13 heavy (non-hydrogen) atoms. The molecule has 4 heteroatoms. The molecule has 0 spiro atoms. The smallest absolute Gasteiger partial charge is 0.265 e. The number of hydrogen-bond donors (Lipinski definition) is 1. The van der Waals surface area contributed by atoms with Crippen molar-refractivity contribution in [1.82, 2.24) is 0 Å². The Balaban J connectivity index is 3.15. The van der Waals surface area contributed by atoms with Crippen LogP contribution in [0.2, 0.25) is 0 Å². The molecule has 0 radical (unpaired) electrons. The van der Waals surface area contributed by atoms with Gasteiger partial charge in [0.25, 0.3) is 5.90 Å². The Hall–Kier alpha value is -1.45. The molecule has 0 amide bonds. The van der Waals surface area contributed by atoms with Crippen LogP contribution in [0.25, 0.3) is 0 Å². The summed E-state index contributed by atoms with van der Waals surface area (Å²) >= 11 is 0. The summed E-state index contributed by atoms with van der Waals surface area (Å²) in [5.41, 5.74) is 0.293. The number of hydrogen-bond acceptors (Lipinski definition) is 2. The minimum Gasteiger partial charge on any atom is -0.273 e. The Labute approximate surface area is 74.6 Å². The van der Waals surface area contributed by atoms with Crippen LogP contribution in [0.15, 0.2) is 18.2 Å². The molecule has 0 bridgehead atoms. The van der Waals surface area contributed by atoms with Crippen molar-refractivity contribution >= 4 is 5.90 Å². The average molecular weight is 185 g/mol. The van der Waals surface area contributed by atoms with Crippen LogP contribution in [0.1, 0.15) is 18.1 Å². The molecule has 2 nitrogen and oxygen atoms in total. The second-order valence-corrected chi connectivity index (χ2v) is 2.54. The van der Waals surface area contributed by atoms with Crippen LogP contribution in [0, 0.1) is 11.2 Å². The first kappa shape index (κ1) is 9.64. The Bertz CT molecular complexity index is 325. The van der Waals surface area contributed by atoms with E-state index in [1.807, 2.05) is 0 Å². The Kier molecular flexibility index (Phi) is 2.95. The van der Waals surface area contributed by atoms with Gasteiger partial charge in [0.15, 0.2) is 0 Å². The van der Waals surface area contributed by atoms with Crippen LogP contribution < -0.4 is 0 Å². The molecule has 0 unspecified atom stereocenters. The molecule has 0 aromatic heterocycles. The highest BCUT2D eigenvalue weighted by atomic mass is 19.3. The van der Waals surface area contributed by atoms with Crippen LogP contribution in [0.5, 0.6) is 0 Å². The van der Waals surface area contributed by atoms with Gasteiger partial charge in [0.1, 0.15) is 5.82 Å². The van der Waals surface area contributed by atoms with Crippen molar-refractivity contribution < 1.29 is 13.9 Å². The van der Waals surface area contributed by atoms with E-state index in [0.29, 0.717) is 12.0 Å². The third-order valence-electron chi connectivity index (χ3n) is 1.78. The maximum atomic E-state index is 13.3. The summed E-state index contributed by atoms with van der Waals surface area (Å²) in [4.78, 5) is 3.16. The normalized spacial score (nSPS) is 9.77. The van der Waals surface area contributed by atoms with Crippen LogP contribution in [-0.2, 0) is 11.4 Å². The molecule has 0 fully saturated rings. The molecule has 0 aliphatic carbocycles. The molecule has 1 aromatic carbocycles. The van der Waals surface area contributed by atoms with Gasteiger partial charge in [0.2, 0.25) is 0 Å². The van der Waals surface area contributed by atoms with Crippen molar-refractivity contribution in [2.45, 2.75) is 13.3 Å². The lowest BCUT2D eigenvalue weighted by Crippen LogP contribution is -2.04. The van der Waals surface area contributed by atoms with E-state index in [1.54, 1.807) is 19.1 Å². The second-order valence-electron chi connectivity index (χ2n) is 2.54. The van der Waals surface area contributed by atoms with Crippen molar-refractivity contribution in [3.05, 3.63) is 35.1 Å². The summed E-state index contributed by atoms with van der Waals surface area (Å²) in [5.74, 6) is -1.39. The van der Waals surface area contributed by atoms with Crippen molar-refractivity contribution in [1.29, 1.82) is 5.41 Å². The largest absolute Gasteiger partial charge is 0.273 e. The SMILES string of the molecule is CCc1cccc(C(=N)OF)c1F. The molecule has 0 aliphatic rings. The van der Waals surface area contributed by atoms with E-state index in [1.165, 1.54) is 6.07 Å². The summed E-state index contributed by atoms with van der Waals surface area (Å²) in [6, 6.07) is 4.45. The maximum absolute atomic E-state index is 13.3. The first-order chi connectivity index (χ1) is 6.20. The van der Waals surface area contributed by atoms with E-state index in [-0.39, 0.29) is 5.56 Å². The monoisotopic (exact) mass is 185 g/mol. The highest BCUT2D eigenvalue weighted by molar-refractivity contribution is 5.91. The molecule has 70 valence electrons. The van der Waals surface area contributed by atoms with Gasteiger partial charge in [-0.05, 0) is 18.1 Å². The van der Waals surface area contributed by atoms with Gasteiger partial charge < -0.3 is 0 Å². The summed E-state index contributed by atoms with van der Waals surface area (Å²) in [6.07, 6.45) is 0.499. The van der Waals surface area contributed by atoms with Gasteiger partial charge in [-0.25, -0.2) is 4.39 Å². The fourth-order valence-electron chi connectivity index (χ4n) is 1.07. The Morgan fingerprint density at radius 1 is 1.54 bits per heavy atom. The first-order valence-corrected chi connectivity index (χ1v) is 3.85. The van der Waals surface area contributed by atoms with Crippen molar-refractivity contribution in [2.75, 3.05) is 0 Å². The summed E-state index contributed by atoms with van der Waals surface area (Å²) < 4.78 is 24.9. The van der Waals surface area contributed by atoms with E-state index in [4.69, 9.17) is 5.41 Å². The second kappa shape index (κ2) is 3.98. The van der Waals surface area contributed by atoms with Crippen molar-refractivity contribution in [2.24, 2.45) is 0 Å². The number of aryl methyl sites for hydroxylation is 1. The quantitative estimate of drug-likeness (QED) is 0.557. The number of halogens is 2. The van der Waals surface area contributed by atoms with Crippen LogP contribution in [0.4, 0.5) is 8.92 Å². The third-order valence-corrected chi connectivity index (χ3v) is 1.78. The minimum atomic E-state index is -0.798. The zero-order valence-electron chi connectivity index (χ0n) is 7.10. The lowest BCUT2D eigenvalue weighted by Gasteiger charge is -2.03. The molecule has 0 aliphatic heterocycles. The number of nitrogens with one attached hydrogen (secondary N) is 1. The van der Waals surface area contributed by atoms with Gasteiger partial charge in [0.05, 0.1) is 5.56 Å². The number of benzene rings is 1. The van der Waals surface area contributed by atoms with E-state index in [0.717, 1.165) is 0 Å². The number of rotatable bonds is 2. The first-order valence-electron chi connectivity index (χ1n) is 3.85. The standard InChI is InChI=1S/C9H9F2NO/c1-2-6-4-3-5-7(8(6)10)9(12)13-11/h3-5,12H,2H2,1H3. The van der Waals surface area contributed by atoms with Gasteiger partial charge >= 0.3 is 0 Å². The molecule has 0 saturated carbocycles. The van der Waals surface area contributed by atoms with Gasteiger partial charge in [-0.2, -0.15) is 0 Å². The predicted octanol–water partition coefficient (Wildman–Crippen LogP) is 2.61. The zero-order chi connectivity index (χ0) is 9.84. The fourth-order valence-corrected chi connectivity index (χ4v) is 1.07. The minimum absolute atomic E-state index is 0.151. The van der Waals surface area contributed by atoms with Gasteiger partial charge in [-0.15, -0.1) is 0 Å². The van der Waals surface area contributed by atoms with Gasteiger partial charge in [-0.3, -0.25) is 10.4 Å². The van der Waals surface area contributed by atoms with E-state index in [2.05, 4.69) is 4.94 Å². The maximum Gasteiger partial charge on any atom is 0.265 e. The van der Waals surface area contributed by atoms with Crippen molar-refractivity contribution in [3.63, 3.8) is 0 Å². The summed E-state index contributed by atoms with van der Waals surface area (Å²) in [7, 11) is 0. The molecule has 0 heterocycles. The lowest BCUT2D eigenvalue weighted by molar-refractivity contribution is -0.0241. The van der Waals surface area contributed by atoms with Gasteiger partial charge in [-0.1, -0.05) is 19.1 Å². The predicted molar refractivity (Wildman–Crippen MR) is 44.8 cm³/mol. The summed E-state index contributed by atoms with van der Waals surface area (Å²) in [5, 5.41) is 6.95. The highest BCUT2D eigenvalue weighted by Gasteiger charge is 2.12. The lowest BCUT2D eigenvalue weighted by atomic mass is 10.1. The van der Waals surface area contributed by atoms with Gasteiger partial charge in [0, 0.05) is 4.53 Å². The molecule has 0 atom stereocenters. The fraction of sp³-hybridized carbons (Fsp3) is 0.222. The molecule has 1 rings (SSSR count). The molecular weight excluding hydrogens is 176 g/mol. The third kappa shape index (κ3) is 1.83. The van der Waals surface area contributed by atoms with Crippen LogP contribution in [-0.4, -0.2) is 5.90 Å². The van der Waals surface area contributed by atoms with E-state index in [9.17, 15) is 8.92 Å². The topological polar surface area (TPSA) is 33.1 Å². The molecule has 1 N–H and O–H groups in total. The molecule has 0 saturated heterocycles. The van der Waals surface area contributed by atoms with Crippen LogP contribution >= 0.6 is 0 Å². The molecule has 1 aromatic rings. The van der Waals surface area contributed by atoms with Crippen molar-refractivity contribution in [3.8, 4) is 0 Å². The zero-order valence-corrected chi connectivity index (χ0v) is 7.10. The highest BCUT2D eigenvalue weighted by Crippen LogP contribution is 2.14. The molecular formula is C9H9F2NO. The van der Waals surface area contributed by atoms with Crippen LogP contribution in [0.3, 0.4) is 0 Å². The van der Waals surface area contributed by atoms with E-state index < -0.39 is 11.7 Å². The Morgan fingerprint density at radius 3 is 2.77 bits per heavy atom. The average Bonchev–Trinajstić information content (AvgIpc) is 2.17. The summed E-state index contributed by atoms with van der Waals surface area (Å²) in [6.45, 7) is 1.78. The van der Waals surface area contributed by atoms with E-state index >= 15 is 0 Å². The Morgan fingerprint density at radius 2 is 2.23 bits per heavy atom.